The second-order valence-electron chi connectivity index (χ2n) is 10.3. The Morgan fingerprint density at radius 3 is 2.41 bits per heavy atom. The predicted molar refractivity (Wildman–Crippen MR) is 153 cm³/mol. The van der Waals surface area contributed by atoms with Crippen LogP contribution in [-0.4, -0.2) is 72.7 Å². The van der Waals surface area contributed by atoms with Crippen molar-refractivity contribution in [3.8, 4) is 0 Å². The molecule has 0 bridgehead atoms. The van der Waals surface area contributed by atoms with Crippen LogP contribution in [-0.2, 0) is 16.4 Å². The maximum absolute atomic E-state index is 12.6. The molecule has 0 unspecified atom stereocenters. The Labute approximate surface area is 224 Å². The van der Waals surface area contributed by atoms with Crippen LogP contribution in [0.5, 0.6) is 0 Å². The van der Waals surface area contributed by atoms with Crippen molar-refractivity contribution < 1.29 is 8.42 Å². The second kappa shape index (κ2) is 11.0. The molecule has 10 heteroatoms. The zero-order valence-electron chi connectivity index (χ0n) is 21.9. The van der Waals surface area contributed by atoms with E-state index in [0.717, 1.165) is 67.6 Å². The summed E-state index contributed by atoms with van der Waals surface area (Å²) in [5.74, 6) is 1.15. The summed E-state index contributed by atoms with van der Waals surface area (Å²) in [5, 5.41) is 1.05. The summed E-state index contributed by atoms with van der Waals surface area (Å²) in [6, 6.07) is 6.42. The van der Waals surface area contributed by atoms with Gasteiger partial charge >= 0.3 is 0 Å². The Hall–Kier alpha value is -2.56. The summed E-state index contributed by atoms with van der Waals surface area (Å²) in [5.41, 5.74) is 4.58. The van der Waals surface area contributed by atoms with Crippen molar-refractivity contribution in [2.75, 3.05) is 54.8 Å². The molecule has 0 amide bonds. The van der Waals surface area contributed by atoms with Gasteiger partial charge < -0.3 is 9.80 Å². The van der Waals surface area contributed by atoms with Gasteiger partial charge in [-0.3, -0.25) is 0 Å². The number of hydrogen-bond donors (Lipinski definition) is 0. The molecule has 3 aromatic rings. The lowest BCUT2D eigenvalue weighted by molar-refractivity contribution is 0.436. The Morgan fingerprint density at radius 2 is 1.76 bits per heavy atom. The van der Waals surface area contributed by atoms with Crippen molar-refractivity contribution in [3.63, 3.8) is 0 Å². The summed E-state index contributed by atoms with van der Waals surface area (Å²) in [4.78, 5) is 18.7. The van der Waals surface area contributed by atoms with E-state index >= 15 is 0 Å². The smallest absolute Gasteiger partial charge is 0.225 e. The Bertz CT molecular complexity index is 1360. The van der Waals surface area contributed by atoms with Gasteiger partial charge in [-0.05, 0) is 47.6 Å². The Kier molecular flexibility index (Phi) is 7.78. The molecule has 0 N–H and O–H groups in total. The summed E-state index contributed by atoms with van der Waals surface area (Å²) >= 11 is 1.73. The number of anilines is 2. The Morgan fingerprint density at radius 1 is 1.03 bits per heavy atom. The lowest BCUT2D eigenvalue weighted by Crippen LogP contribution is -2.47. The van der Waals surface area contributed by atoms with Crippen LogP contribution in [0.2, 0.25) is 0 Å². The molecule has 0 radical (unpaired) electrons. The van der Waals surface area contributed by atoms with Crippen LogP contribution in [0.1, 0.15) is 44.7 Å². The fourth-order valence-corrected chi connectivity index (χ4v) is 7.75. The summed E-state index contributed by atoms with van der Waals surface area (Å²) in [6.45, 7) is 10.6. The minimum absolute atomic E-state index is 0.131. The van der Waals surface area contributed by atoms with Crippen molar-refractivity contribution in [1.82, 2.24) is 19.3 Å². The highest BCUT2D eigenvalue weighted by Crippen LogP contribution is 2.33. The largest absolute Gasteiger partial charge is 0.345 e. The molecule has 1 saturated heterocycles. The number of nitrogens with zero attached hydrogens (tertiary/aromatic N) is 6. The predicted octanol–water partition coefficient (Wildman–Crippen LogP) is 4.44. The molecule has 2 aromatic heterocycles. The van der Waals surface area contributed by atoms with E-state index in [4.69, 9.17) is 4.98 Å². The molecular weight excluding hydrogens is 504 g/mol. The SMILES string of the molecule is CCCc1cnc(N2CCN(c3nc4ccc(C5=CCN(S(=O)(=O)CC(C)C)CC5)cc4s3)CC2)nc1. The number of fused-ring (bicyclic) bond motifs is 1. The van der Waals surface area contributed by atoms with Crippen LogP contribution in [0.25, 0.3) is 15.8 Å². The third-order valence-corrected chi connectivity index (χ3v) is 10.2. The fourth-order valence-electron chi connectivity index (χ4n) is 4.97. The monoisotopic (exact) mass is 540 g/mol. The molecule has 1 fully saturated rings. The molecule has 8 nitrogen and oxygen atoms in total. The van der Waals surface area contributed by atoms with Gasteiger partial charge in [0.1, 0.15) is 0 Å². The van der Waals surface area contributed by atoms with Gasteiger partial charge in [-0.2, -0.15) is 4.31 Å². The van der Waals surface area contributed by atoms with Gasteiger partial charge in [0.2, 0.25) is 16.0 Å². The molecule has 198 valence electrons. The molecule has 0 atom stereocenters. The number of piperazine rings is 1. The van der Waals surface area contributed by atoms with E-state index in [2.05, 4.69) is 51.0 Å². The standard InChI is InChI=1S/C27H36N6O2S2/c1-4-5-21-17-28-26(29-18-21)31-12-14-32(15-13-31)27-30-24-7-6-23(16-25(24)36-27)22-8-10-33(11-9-22)37(34,35)19-20(2)3/h6-8,16-18,20H,4-5,9-15,19H2,1-3H3. The van der Waals surface area contributed by atoms with Crippen molar-refractivity contribution >= 4 is 48.2 Å². The molecule has 0 spiro atoms. The third-order valence-electron chi connectivity index (χ3n) is 6.92. The van der Waals surface area contributed by atoms with Gasteiger partial charge in [0, 0.05) is 51.7 Å². The van der Waals surface area contributed by atoms with Crippen molar-refractivity contribution in [2.24, 2.45) is 5.92 Å². The molecule has 0 saturated carbocycles. The topological polar surface area (TPSA) is 82.5 Å². The molecule has 4 heterocycles. The number of rotatable bonds is 8. The number of thiazole rings is 1. The van der Waals surface area contributed by atoms with Gasteiger partial charge in [0.05, 0.1) is 16.0 Å². The van der Waals surface area contributed by atoms with Crippen molar-refractivity contribution in [3.05, 3.63) is 47.8 Å². The van der Waals surface area contributed by atoms with Gasteiger partial charge in [-0.1, -0.05) is 50.7 Å². The van der Waals surface area contributed by atoms with Crippen LogP contribution in [0, 0.1) is 5.92 Å². The van der Waals surface area contributed by atoms with Crippen LogP contribution >= 0.6 is 11.3 Å². The van der Waals surface area contributed by atoms with Gasteiger partial charge in [0.15, 0.2) is 5.13 Å². The van der Waals surface area contributed by atoms with E-state index in [1.807, 2.05) is 26.2 Å². The van der Waals surface area contributed by atoms with Crippen LogP contribution in [0.3, 0.4) is 0 Å². The average Bonchev–Trinajstić information content (AvgIpc) is 3.32. The maximum atomic E-state index is 12.6. The summed E-state index contributed by atoms with van der Waals surface area (Å²) in [7, 11) is -3.19. The third kappa shape index (κ3) is 5.97. The maximum Gasteiger partial charge on any atom is 0.225 e. The van der Waals surface area contributed by atoms with E-state index in [0.29, 0.717) is 13.1 Å². The molecule has 5 rings (SSSR count). The first-order chi connectivity index (χ1) is 17.8. The van der Waals surface area contributed by atoms with E-state index in [-0.39, 0.29) is 11.7 Å². The van der Waals surface area contributed by atoms with Crippen molar-refractivity contribution in [2.45, 2.75) is 40.0 Å². The summed E-state index contributed by atoms with van der Waals surface area (Å²) < 4.78 is 27.9. The first-order valence-corrected chi connectivity index (χ1v) is 15.6. The zero-order chi connectivity index (χ0) is 26.0. The molecule has 0 aliphatic carbocycles. The summed E-state index contributed by atoms with van der Waals surface area (Å²) in [6.07, 6.45) is 8.83. The molecular formula is C27H36N6O2S2. The van der Waals surface area contributed by atoms with Gasteiger partial charge in [-0.15, -0.1) is 0 Å². The number of aromatic nitrogens is 3. The lowest BCUT2D eigenvalue weighted by Gasteiger charge is -2.34. The highest BCUT2D eigenvalue weighted by atomic mass is 32.2. The quantitative estimate of drug-likeness (QED) is 0.418. The van der Waals surface area contributed by atoms with Crippen LogP contribution in [0.15, 0.2) is 36.7 Å². The first-order valence-electron chi connectivity index (χ1n) is 13.2. The van der Waals surface area contributed by atoms with Gasteiger partial charge in [0.25, 0.3) is 0 Å². The second-order valence-corrected chi connectivity index (χ2v) is 13.3. The minimum atomic E-state index is -3.19. The van der Waals surface area contributed by atoms with Crippen LogP contribution < -0.4 is 9.80 Å². The van der Waals surface area contributed by atoms with Crippen LogP contribution in [0.4, 0.5) is 11.1 Å². The lowest BCUT2D eigenvalue weighted by atomic mass is 10.0. The van der Waals surface area contributed by atoms with Crippen molar-refractivity contribution in [1.29, 1.82) is 0 Å². The first kappa shape index (κ1) is 26.1. The molecule has 2 aliphatic heterocycles. The van der Waals surface area contributed by atoms with E-state index < -0.39 is 10.0 Å². The van der Waals surface area contributed by atoms with E-state index in [1.165, 1.54) is 15.8 Å². The normalized spacial score (nSPS) is 17.6. The number of benzene rings is 1. The Balaban J connectivity index is 1.23. The minimum Gasteiger partial charge on any atom is -0.345 e. The van der Waals surface area contributed by atoms with E-state index in [1.54, 1.807) is 15.6 Å². The number of hydrogen-bond acceptors (Lipinski definition) is 8. The highest BCUT2D eigenvalue weighted by molar-refractivity contribution is 7.89. The molecule has 2 aliphatic rings. The number of aryl methyl sites for hydroxylation is 1. The fraction of sp³-hybridized carbons (Fsp3) is 0.519. The highest BCUT2D eigenvalue weighted by Gasteiger charge is 2.26. The van der Waals surface area contributed by atoms with E-state index in [9.17, 15) is 8.42 Å². The zero-order valence-corrected chi connectivity index (χ0v) is 23.6. The van der Waals surface area contributed by atoms with Gasteiger partial charge in [-0.25, -0.2) is 23.4 Å². The molecule has 1 aromatic carbocycles. The number of sulfonamides is 1. The molecule has 37 heavy (non-hydrogen) atoms. The average molecular weight is 541 g/mol.